The van der Waals surface area contributed by atoms with Gasteiger partial charge in [0.15, 0.2) is 5.16 Å². The summed E-state index contributed by atoms with van der Waals surface area (Å²) in [5, 5.41) is 3.95. The third kappa shape index (κ3) is 4.40. The Morgan fingerprint density at radius 1 is 1.10 bits per heavy atom. The molecule has 20 heavy (non-hydrogen) atoms. The van der Waals surface area contributed by atoms with Gasteiger partial charge in [-0.3, -0.25) is 0 Å². The summed E-state index contributed by atoms with van der Waals surface area (Å²) >= 11 is 1.45. The maximum atomic E-state index is 5.65. The number of benzene rings is 1. The van der Waals surface area contributed by atoms with Crippen molar-refractivity contribution in [3.63, 3.8) is 0 Å². The number of hydrogen-bond donors (Lipinski definition) is 3. The van der Waals surface area contributed by atoms with E-state index in [4.69, 9.17) is 11.5 Å². The van der Waals surface area contributed by atoms with Gasteiger partial charge >= 0.3 is 0 Å². The van der Waals surface area contributed by atoms with Crippen molar-refractivity contribution in [2.45, 2.75) is 36.5 Å². The predicted octanol–water partition coefficient (Wildman–Crippen LogP) is 2.29. The number of hydrogen-bond acceptors (Lipinski definition) is 6. The highest BCUT2D eigenvalue weighted by molar-refractivity contribution is 7.99. The number of nitrogens with one attached hydrogen (secondary N) is 1. The molecule has 0 spiro atoms. The fourth-order valence-electron chi connectivity index (χ4n) is 1.61. The quantitative estimate of drug-likeness (QED) is 0.732. The Labute approximate surface area is 123 Å². The molecule has 0 aliphatic heterocycles. The van der Waals surface area contributed by atoms with Crippen LogP contribution >= 0.6 is 11.8 Å². The normalized spacial score (nSPS) is 10.9. The zero-order valence-corrected chi connectivity index (χ0v) is 12.4. The van der Waals surface area contributed by atoms with E-state index in [-0.39, 0.29) is 0 Å². The molecule has 5 N–H and O–H groups in total. The molecule has 0 unspecified atom stereocenters. The summed E-state index contributed by atoms with van der Waals surface area (Å²) in [6.45, 7) is 5.13. The molecule has 0 bridgehead atoms. The van der Waals surface area contributed by atoms with E-state index < -0.39 is 0 Å². The molecule has 0 atom stereocenters. The van der Waals surface area contributed by atoms with Gasteiger partial charge in [0.2, 0.25) is 0 Å². The second-order valence-electron chi connectivity index (χ2n) is 4.78. The van der Waals surface area contributed by atoms with Crippen molar-refractivity contribution in [2.24, 2.45) is 0 Å². The Balaban J connectivity index is 2.03. The average molecular weight is 289 g/mol. The first kappa shape index (κ1) is 14.6. The van der Waals surface area contributed by atoms with E-state index in [1.165, 1.54) is 17.3 Å². The molecule has 0 aliphatic carbocycles. The minimum atomic E-state index is 0.387. The highest BCUT2D eigenvalue weighted by atomic mass is 32.2. The van der Waals surface area contributed by atoms with Crippen LogP contribution < -0.4 is 16.8 Å². The van der Waals surface area contributed by atoms with Crippen LogP contribution in [0.5, 0.6) is 0 Å². The largest absolute Gasteiger partial charge is 0.383 e. The fraction of sp³-hybridized carbons (Fsp3) is 0.286. The van der Waals surface area contributed by atoms with Crippen molar-refractivity contribution < 1.29 is 0 Å². The van der Waals surface area contributed by atoms with Gasteiger partial charge in [0.25, 0.3) is 0 Å². The van der Waals surface area contributed by atoms with E-state index in [1.54, 1.807) is 6.07 Å². The first-order valence-electron chi connectivity index (χ1n) is 6.43. The SMILES string of the molecule is CC(C)NCc1ccc(Sc2nc(N)cc(N)n2)cc1. The second-order valence-corrected chi connectivity index (χ2v) is 5.82. The highest BCUT2D eigenvalue weighted by Gasteiger charge is 2.04. The van der Waals surface area contributed by atoms with Crippen LogP contribution in [-0.4, -0.2) is 16.0 Å². The summed E-state index contributed by atoms with van der Waals surface area (Å²) in [6.07, 6.45) is 0. The molecule has 106 valence electrons. The van der Waals surface area contributed by atoms with E-state index >= 15 is 0 Å². The maximum absolute atomic E-state index is 5.65. The van der Waals surface area contributed by atoms with E-state index in [9.17, 15) is 0 Å². The molecule has 0 fully saturated rings. The van der Waals surface area contributed by atoms with Gasteiger partial charge < -0.3 is 16.8 Å². The van der Waals surface area contributed by atoms with Crippen LogP contribution in [0.3, 0.4) is 0 Å². The van der Waals surface area contributed by atoms with E-state index in [0.717, 1.165) is 11.4 Å². The molecule has 1 aromatic carbocycles. The minimum Gasteiger partial charge on any atom is -0.383 e. The topological polar surface area (TPSA) is 89.8 Å². The Morgan fingerprint density at radius 2 is 1.70 bits per heavy atom. The molecule has 0 amide bonds. The standard InChI is InChI=1S/C14H19N5S/c1-9(2)17-8-10-3-5-11(6-4-10)20-14-18-12(15)7-13(16)19-14/h3-7,9,17H,8H2,1-2H3,(H4,15,16,18,19). The van der Waals surface area contributed by atoms with Crippen LogP contribution in [-0.2, 0) is 6.54 Å². The van der Waals surface area contributed by atoms with E-state index in [2.05, 4.69) is 41.3 Å². The van der Waals surface area contributed by atoms with Crippen molar-refractivity contribution in [3.05, 3.63) is 35.9 Å². The Kier molecular flexibility index (Phi) is 4.81. The van der Waals surface area contributed by atoms with Crippen molar-refractivity contribution >= 4 is 23.4 Å². The first-order chi connectivity index (χ1) is 9.52. The first-order valence-corrected chi connectivity index (χ1v) is 7.25. The van der Waals surface area contributed by atoms with Crippen LogP contribution in [0.1, 0.15) is 19.4 Å². The number of nitrogen functional groups attached to an aromatic ring is 2. The Hall–Kier alpha value is -1.79. The molecule has 6 heteroatoms. The third-order valence-corrected chi connectivity index (χ3v) is 3.47. The van der Waals surface area contributed by atoms with Crippen molar-refractivity contribution in [1.82, 2.24) is 15.3 Å². The lowest BCUT2D eigenvalue weighted by Gasteiger charge is -2.08. The monoisotopic (exact) mass is 289 g/mol. The summed E-state index contributed by atoms with van der Waals surface area (Å²) in [5.41, 5.74) is 12.6. The molecule has 1 heterocycles. The number of nitrogens with zero attached hydrogens (tertiary/aromatic N) is 2. The van der Waals surface area contributed by atoms with E-state index in [1.807, 2.05) is 12.1 Å². The van der Waals surface area contributed by atoms with Crippen molar-refractivity contribution in [1.29, 1.82) is 0 Å². The van der Waals surface area contributed by atoms with Gasteiger partial charge in [-0.1, -0.05) is 26.0 Å². The number of nitrogens with two attached hydrogens (primary N) is 2. The van der Waals surface area contributed by atoms with Gasteiger partial charge in [-0.05, 0) is 29.5 Å². The molecule has 2 rings (SSSR count). The summed E-state index contributed by atoms with van der Waals surface area (Å²) in [4.78, 5) is 9.36. The zero-order valence-electron chi connectivity index (χ0n) is 11.6. The molecular formula is C14H19N5S. The molecule has 0 saturated carbocycles. The highest BCUT2D eigenvalue weighted by Crippen LogP contribution is 2.26. The molecular weight excluding hydrogens is 270 g/mol. The predicted molar refractivity (Wildman–Crippen MR) is 83.4 cm³/mol. The smallest absolute Gasteiger partial charge is 0.196 e. The molecule has 0 radical (unpaired) electrons. The molecule has 1 aromatic heterocycles. The Morgan fingerprint density at radius 3 is 2.25 bits per heavy atom. The lowest BCUT2D eigenvalue weighted by atomic mass is 10.2. The van der Waals surface area contributed by atoms with Crippen LogP contribution in [0.4, 0.5) is 11.6 Å². The number of anilines is 2. The lowest BCUT2D eigenvalue weighted by molar-refractivity contribution is 0.588. The van der Waals surface area contributed by atoms with Gasteiger partial charge in [-0.15, -0.1) is 0 Å². The van der Waals surface area contributed by atoms with Gasteiger partial charge in [0.1, 0.15) is 11.6 Å². The zero-order chi connectivity index (χ0) is 14.5. The lowest BCUT2D eigenvalue weighted by Crippen LogP contribution is -2.21. The third-order valence-electron chi connectivity index (χ3n) is 2.59. The van der Waals surface area contributed by atoms with Crippen LogP contribution in [0.15, 0.2) is 40.4 Å². The fourth-order valence-corrected chi connectivity index (χ4v) is 2.40. The molecule has 5 nitrogen and oxygen atoms in total. The Bertz CT molecular complexity index is 548. The molecule has 0 aliphatic rings. The summed E-state index contributed by atoms with van der Waals surface area (Å²) in [6, 6.07) is 10.3. The maximum Gasteiger partial charge on any atom is 0.196 e. The molecule has 0 saturated heterocycles. The second kappa shape index (κ2) is 6.58. The van der Waals surface area contributed by atoms with Crippen LogP contribution in [0.25, 0.3) is 0 Å². The van der Waals surface area contributed by atoms with Gasteiger partial charge in [-0.25, -0.2) is 9.97 Å². The summed E-state index contributed by atoms with van der Waals surface area (Å²) in [5.74, 6) is 0.774. The van der Waals surface area contributed by atoms with Gasteiger partial charge in [0.05, 0.1) is 0 Å². The van der Waals surface area contributed by atoms with Gasteiger partial charge in [0, 0.05) is 23.5 Å². The van der Waals surface area contributed by atoms with Crippen LogP contribution in [0.2, 0.25) is 0 Å². The van der Waals surface area contributed by atoms with Crippen LogP contribution in [0, 0.1) is 0 Å². The molecule has 2 aromatic rings. The average Bonchev–Trinajstić information content (AvgIpc) is 2.36. The summed E-state index contributed by atoms with van der Waals surface area (Å²) < 4.78 is 0. The number of aromatic nitrogens is 2. The van der Waals surface area contributed by atoms with Crippen molar-refractivity contribution in [3.8, 4) is 0 Å². The van der Waals surface area contributed by atoms with Crippen molar-refractivity contribution in [2.75, 3.05) is 11.5 Å². The van der Waals surface area contributed by atoms with E-state index in [0.29, 0.717) is 22.8 Å². The summed E-state index contributed by atoms with van der Waals surface area (Å²) in [7, 11) is 0. The van der Waals surface area contributed by atoms with Gasteiger partial charge in [-0.2, -0.15) is 0 Å². The minimum absolute atomic E-state index is 0.387. The number of rotatable bonds is 5.